The molecule has 0 radical (unpaired) electrons. The maximum atomic E-state index is 12.9. The molecule has 2 aliphatic heterocycles. The second kappa shape index (κ2) is 8.88. The van der Waals surface area contributed by atoms with Crippen LogP contribution in [0.15, 0.2) is 24.3 Å². The van der Waals surface area contributed by atoms with Gasteiger partial charge in [0.25, 0.3) is 0 Å². The van der Waals surface area contributed by atoms with Crippen LogP contribution in [0.3, 0.4) is 0 Å². The van der Waals surface area contributed by atoms with E-state index in [4.69, 9.17) is 5.10 Å². The minimum absolute atomic E-state index is 0. The van der Waals surface area contributed by atoms with Gasteiger partial charge in [-0.3, -0.25) is 4.79 Å². The molecule has 5 nitrogen and oxygen atoms in total. The van der Waals surface area contributed by atoms with E-state index in [0.717, 1.165) is 35.5 Å². The number of hydrogen-bond donors (Lipinski definition) is 1. The Hall–Kier alpha value is -1.85. The van der Waals surface area contributed by atoms with Crippen LogP contribution >= 0.6 is 12.4 Å². The van der Waals surface area contributed by atoms with Gasteiger partial charge in [0.1, 0.15) is 0 Å². The third-order valence-electron chi connectivity index (χ3n) is 6.64. The van der Waals surface area contributed by atoms with E-state index in [9.17, 15) is 4.79 Å². The molecule has 0 spiro atoms. The first-order chi connectivity index (χ1) is 13.4. The summed E-state index contributed by atoms with van der Waals surface area (Å²) in [6, 6.07) is 9.56. The molecule has 1 amide bonds. The van der Waals surface area contributed by atoms with E-state index in [1.54, 1.807) is 0 Å². The number of nitrogens with one attached hydrogen (secondary N) is 1. The molecule has 29 heavy (non-hydrogen) atoms. The van der Waals surface area contributed by atoms with Crippen LogP contribution in [0.1, 0.15) is 54.6 Å². The Kier molecular flexibility index (Phi) is 6.69. The fraction of sp³-hybridized carbons (Fsp3) is 0.565. The average Bonchev–Trinajstić information content (AvgIpc) is 3.15. The summed E-state index contributed by atoms with van der Waals surface area (Å²) >= 11 is 0. The van der Waals surface area contributed by atoms with Crippen molar-refractivity contribution in [3.05, 3.63) is 46.8 Å². The predicted molar refractivity (Wildman–Crippen MR) is 119 cm³/mol. The van der Waals surface area contributed by atoms with Crippen LogP contribution in [0.5, 0.6) is 0 Å². The summed E-state index contributed by atoms with van der Waals surface area (Å²) in [6.45, 7) is 6.87. The molecule has 2 saturated heterocycles. The molecule has 2 fully saturated rings. The number of aryl methyl sites for hydroxylation is 2. The molecule has 0 saturated carbocycles. The van der Waals surface area contributed by atoms with Crippen LogP contribution in [0.4, 0.5) is 0 Å². The number of piperidine rings is 1. The van der Waals surface area contributed by atoms with Gasteiger partial charge < -0.3 is 10.2 Å². The molecule has 1 aromatic carbocycles. The molecule has 0 aliphatic carbocycles. The van der Waals surface area contributed by atoms with Gasteiger partial charge in [-0.05, 0) is 64.0 Å². The number of para-hydroxylation sites is 1. The number of rotatable bonds is 5. The highest BCUT2D eigenvalue weighted by Crippen LogP contribution is 2.33. The summed E-state index contributed by atoms with van der Waals surface area (Å²) in [4.78, 5) is 14.8. The Morgan fingerprint density at radius 2 is 1.83 bits per heavy atom. The second-order valence-corrected chi connectivity index (χ2v) is 8.78. The third kappa shape index (κ3) is 4.51. The van der Waals surface area contributed by atoms with Gasteiger partial charge in [-0.1, -0.05) is 18.2 Å². The summed E-state index contributed by atoms with van der Waals surface area (Å²) in [5.74, 6) is 0.791. The summed E-state index contributed by atoms with van der Waals surface area (Å²) in [5, 5.41) is 8.43. The summed E-state index contributed by atoms with van der Waals surface area (Å²) < 4.78 is 2.02. The minimum atomic E-state index is 0. The number of fused-ring (bicyclic) bond motifs is 2. The first-order valence-electron chi connectivity index (χ1n) is 10.5. The van der Waals surface area contributed by atoms with Crippen LogP contribution in [0.2, 0.25) is 0 Å². The molecule has 1 N–H and O–H groups in total. The largest absolute Gasteiger partial charge is 0.341 e. The lowest BCUT2D eigenvalue weighted by Crippen LogP contribution is -2.40. The third-order valence-corrected chi connectivity index (χ3v) is 6.64. The number of nitrogens with zero attached hydrogens (tertiary/aromatic N) is 3. The van der Waals surface area contributed by atoms with E-state index in [1.165, 1.54) is 18.4 Å². The smallest absolute Gasteiger partial charge is 0.222 e. The topological polar surface area (TPSA) is 50.2 Å². The Morgan fingerprint density at radius 3 is 2.48 bits per heavy atom. The van der Waals surface area contributed by atoms with Crippen molar-refractivity contribution >= 4 is 18.3 Å². The number of hydrogen-bond acceptors (Lipinski definition) is 3. The molecule has 158 valence electrons. The molecule has 4 rings (SSSR count). The van der Waals surface area contributed by atoms with Gasteiger partial charge >= 0.3 is 0 Å². The van der Waals surface area contributed by atoms with Crippen molar-refractivity contribution in [2.24, 2.45) is 5.92 Å². The highest BCUT2D eigenvalue weighted by atomic mass is 35.5. The van der Waals surface area contributed by atoms with Crippen molar-refractivity contribution < 1.29 is 4.79 Å². The molecular formula is C23H33ClN4O. The van der Waals surface area contributed by atoms with Crippen molar-refractivity contribution in [2.45, 2.75) is 71.5 Å². The standard InChI is InChI=1S/C23H32N4O.ClH/c1-15-7-5-6-8-22(15)27-17(3)21(16(2)25-27)14-26(4)23(28)13-18-11-19-9-10-20(12-18)24-19;/h5-8,18-20,24H,9-14H2,1-4H3;1H. The fourth-order valence-electron chi connectivity index (χ4n) is 5.01. The molecule has 6 heteroatoms. The Bertz CT molecular complexity index is 866. The maximum Gasteiger partial charge on any atom is 0.222 e. The number of benzene rings is 1. The van der Waals surface area contributed by atoms with Gasteiger partial charge in [-0.25, -0.2) is 4.68 Å². The van der Waals surface area contributed by atoms with Gasteiger partial charge in [0.15, 0.2) is 0 Å². The zero-order valence-corrected chi connectivity index (χ0v) is 18.8. The highest BCUT2D eigenvalue weighted by Gasteiger charge is 2.34. The zero-order valence-electron chi connectivity index (χ0n) is 17.9. The number of carbonyl (C=O) groups excluding carboxylic acids is 1. The number of aromatic nitrogens is 2. The first kappa shape index (κ1) is 21.8. The van der Waals surface area contributed by atoms with E-state index in [-0.39, 0.29) is 18.3 Å². The van der Waals surface area contributed by atoms with Crippen molar-refractivity contribution in [3.63, 3.8) is 0 Å². The highest BCUT2D eigenvalue weighted by molar-refractivity contribution is 5.85. The molecule has 2 atom stereocenters. The lowest BCUT2D eigenvalue weighted by Gasteiger charge is -2.30. The van der Waals surface area contributed by atoms with Crippen LogP contribution < -0.4 is 5.32 Å². The Labute approximate surface area is 180 Å². The van der Waals surface area contributed by atoms with Crippen LogP contribution in [0, 0.1) is 26.7 Å². The van der Waals surface area contributed by atoms with Crippen molar-refractivity contribution in [1.29, 1.82) is 0 Å². The van der Waals surface area contributed by atoms with Crippen LogP contribution in [-0.4, -0.2) is 39.7 Å². The van der Waals surface area contributed by atoms with Gasteiger partial charge in [0.2, 0.25) is 5.91 Å². The van der Waals surface area contributed by atoms with Crippen LogP contribution in [-0.2, 0) is 11.3 Å². The maximum absolute atomic E-state index is 12.9. The lowest BCUT2D eigenvalue weighted by atomic mass is 9.89. The summed E-state index contributed by atoms with van der Waals surface area (Å²) in [5.41, 5.74) is 5.58. The average molecular weight is 417 g/mol. The quantitative estimate of drug-likeness (QED) is 0.798. The Morgan fingerprint density at radius 1 is 1.17 bits per heavy atom. The summed E-state index contributed by atoms with van der Waals surface area (Å²) in [6.07, 6.45) is 5.54. The lowest BCUT2D eigenvalue weighted by molar-refractivity contribution is -0.131. The normalized spacial score (nSPS) is 23.0. The monoisotopic (exact) mass is 416 g/mol. The van der Waals surface area contributed by atoms with E-state index < -0.39 is 0 Å². The molecule has 2 bridgehead atoms. The number of carbonyl (C=O) groups is 1. The van der Waals surface area contributed by atoms with Gasteiger partial charge in [-0.2, -0.15) is 5.10 Å². The molecule has 2 unspecified atom stereocenters. The molecule has 2 aliphatic rings. The minimum Gasteiger partial charge on any atom is -0.341 e. The van der Waals surface area contributed by atoms with Gasteiger partial charge in [0, 0.05) is 43.4 Å². The van der Waals surface area contributed by atoms with E-state index >= 15 is 0 Å². The molecular weight excluding hydrogens is 384 g/mol. The van der Waals surface area contributed by atoms with Gasteiger partial charge in [0.05, 0.1) is 11.4 Å². The fourth-order valence-corrected chi connectivity index (χ4v) is 5.01. The number of halogens is 1. The van der Waals surface area contributed by atoms with Crippen molar-refractivity contribution in [1.82, 2.24) is 20.0 Å². The number of amides is 1. The predicted octanol–water partition coefficient (Wildman–Crippen LogP) is 4.10. The Balaban J connectivity index is 0.00000240. The van der Waals surface area contributed by atoms with E-state index in [1.807, 2.05) is 35.7 Å². The first-order valence-corrected chi connectivity index (χ1v) is 10.5. The second-order valence-electron chi connectivity index (χ2n) is 8.78. The zero-order chi connectivity index (χ0) is 19.8. The molecule has 1 aromatic heterocycles. The van der Waals surface area contributed by atoms with Gasteiger partial charge in [-0.15, -0.1) is 12.4 Å². The van der Waals surface area contributed by atoms with Crippen molar-refractivity contribution in [2.75, 3.05) is 7.05 Å². The molecule has 2 aromatic rings. The van der Waals surface area contributed by atoms with E-state index in [0.29, 0.717) is 31.0 Å². The molecule has 3 heterocycles. The van der Waals surface area contributed by atoms with E-state index in [2.05, 4.69) is 31.3 Å². The van der Waals surface area contributed by atoms with Crippen LogP contribution in [0.25, 0.3) is 5.69 Å². The van der Waals surface area contributed by atoms with Crippen molar-refractivity contribution in [3.8, 4) is 5.69 Å². The SMILES string of the molecule is Cc1ccccc1-n1nc(C)c(CN(C)C(=O)CC2CC3CCC(C2)N3)c1C.Cl. The summed E-state index contributed by atoms with van der Waals surface area (Å²) in [7, 11) is 1.93.